The van der Waals surface area contributed by atoms with Gasteiger partial charge in [0.1, 0.15) is 0 Å². The molecule has 0 nitrogen and oxygen atoms in total. The summed E-state index contributed by atoms with van der Waals surface area (Å²) in [5.41, 5.74) is 15.3. The van der Waals surface area contributed by atoms with Gasteiger partial charge in [0, 0.05) is 0 Å². The zero-order valence-corrected chi connectivity index (χ0v) is 29.5. The topological polar surface area (TPSA) is 0 Å². The third-order valence-electron chi connectivity index (χ3n) is 12.0. The Morgan fingerprint density at radius 1 is 0.185 bits per heavy atom. The first kappa shape index (κ1) is 29.5. The lowest BCUT2D eigenvalue weighted by Crippen LogP contribution is -1.96. The maximum Gasteiger partial charge on any atom is -0.000718 e. The average Bonchev–Trinajstić information content (AvgIpc) is 3.58. The van der Waals surface area contributed by atoms with Crippen molar-refractivity contribution in [2.24, 2.45) is 0 Å². The Balaban J connectivity index is 1.31. The molecule has 1 aliphatic rings. The van der Waals surface area contributed by atoms with Crippen LogP contribution in [-0.4, -0.2) is 0 Å². The molecule has 0 unspecified atom stereocenters. The third kappa shape index (κ3) is 3.97. The Kier molecular flexibility index (Phi) is 6.15. The Hall–Kier alpha value is -7.02. The molecule has 0 aromatic heterocycles. The normalized spacial score (nSPS) is 12.1. The van der Waals surface area contributed by atoms with E-state index < -0.39 is 0 Å². The second-order valence-corrected chi connectivity index (χ2v) is 14.6. The van der Waals surface area contributed by atoms with Crippen LogP contribution in [0.3, 0.4) is 0 Å². The van der Waals surface area contributed by atoms with E-state index in [0.717, 1.165) is 0 Å². The molecule has 0 amide bonds. The van der Waals surface area contributed by atoms with Crippen molar-refractivity contribution >= 4 is 53.9 Å². The summed E-state index contributed by atoms with van der Waals surface area (Å²) in [6.45, 7) is 0. The van der Waals surface area contributed by atoms with Gasteiger partial charge in [-0.1, -0.05) is 194 Å². The van der Waals surface area contributed by atoms with E-state index in [9.17, 15) is 0 Å². The van der Waals surface area contributed by atoms with Crippen LogP contribution >= 0.6 is 0 Å². The van der Waals surface area contributed by atoms with Gasteiger partial charge in [-0.25, -0.2) is 0 Å². The van der Waals surface area contributed by atoms with Gasteiger partial charge in [-0.3, -0.25) is 0 Å². The first-order chi connectivity index (χ1) is 26.8. The molecule has 0 atom stereocenters. The summed E-state index contributed by atoms with van der Waals surface area (Å²) in [4.78, 5) is 0. The lowest BCUT2D eigenvalue weighted by atomic mass is 9.79. The molecule has 11 aromatic rings. The zero-order valence-electron chi connectivity index (χ0n) is 29.5. The monoisotopic (exact) mass is 680 g/mol. The molecular formula is C54H32. The number of benzene rings is 11. The molecule has 0 fully saturated rings. The minimum atomic E-state index is 1.22. The van der Waals surface area contributed by atoms with Crippen LogP contribution < -0.4 is 0 Å². The molecule has 0 heterocycles. The summed E-state index contributed by atoms with van der Waals surface area (Å²) in [5, 5.41) is 13.2. The fourth-order valence-electron chi connectivity index (χ4n) is 9.83. The van der Waals surface area contributed by atoms with Crippen molar-refractivity contribution in [3.63, 3.8) is 0 Å². The van der Waals surface area contributed by atoms with Gasteiger partial charge < -0.3 is 0 Å². The highest BCUT2D eigenvalue weighted by Gasteiger charge is 2.33. The summed E-state index contributed by atoms with van der Waals surface area (Å²) >= 11 is 0. The Labute approximate surface area is 313 Å². The Bertz CT molecular complexity index is 3080. The van der Waals surface area contributed by atoms with E-state index in [1.807, 2.05) is 0 Å². The molecule has 0 aliphatic heterocycles. The quantitative estimate of drug-likeness (QED) is 0.128. The fourth-order valence-corrected chi connectivity index (χ4v) is 9.83. The van der Waals surface area contributed by atoms with Gasteiger partial charge in [0.25, 0.3) is 0 Å². The van der Waals surface area contributed by atoms with E-state index in [0.29, 0.717) is 0 Å². The first-order valence-corrected chi connectivity index (χ1v) is 18.9. The number of fused-ring (bicyclic) bond motifs is 6. The molecule has 0 bridgehead atoms. The molecule has 0 N–H and O–H groups in total. The van der Waals surface area contributed by atoms with Gasteiger partial charge in [-0.15, -0.1) is 0 Å². The molecule has 248 valence electrons. The van der Waals surface area contributed by atoms with Gasteiger partial charge in [-0.05, 0) is 121 Å². The standard InChI is InChI=1S/C54H32/c1-3-15-33(16-4-1)36-21-7-9-23-38(36)50-42-25-11-12-26-43(42)51(39-24-10-8-22-37(39)34-17-5-2-6-18-34)54-47-32-30-45-41-28-14-20-35-19-13-27-40(48(35)41)44-29-31-46(53(50)54)52(47)49(44)45/h1-32H. The van der Waals surface area contributed by atoms with Gasteiger partial charge >= 0.3 is 0 Å². The van der Waals surface area contributed by atoms with Crippen LogP contribution in [-0.2, 0) is 0 Å². The van der Waals surface area contributed by atoms with E-state index in [-0.39, 0.29) is 0 Å². The van der Waals surface area contributed by atoms with Crippen molar-refractivity contribution in [3.05, 3.63) is 194 Å². The van der Waals surface area contributed by atoms with Crippen LogP contribution in [0.1, 0.15) is 0 Å². The van der Waals surface area contributed by atoms with Crippen LogP contribution in [0.25, 0.3) is 121 Å². The maximum atomic E-state index is 2.43. The van der Waals surface area contributed by atoms with E-state index in [1.165, 1.54) is 121 Å². The van der Waals surface area contributed by atoms with Gasteiger partial charge in [0.2, 0.25) is 0 Å². The lowest BCUT2D eigenvalue weighted by Gasteiger charge is -2.23. The van der Waals surface area contributed by atoms with Crippen LogP contribution in [0, 0.1) is 0 Å². The number of rotatable bonds is 4. The summed E-state index contributed by atoms with van der Waals surface area (Å²) in [6, 6.07) is 72.1. The van der Waals surface area contributed by atoms with Crippen LogP contribution in [0.4, 0.5) is 0 Å². The maximum absolute atomic E-state index is 2.43. The van der Waals surface area contributed by atoms with Crippen molar-refractivity contribution in [2.45, 2.75) is 0 Å². The van der Waals surface area contributed by atoms with Crippen molar-refractivity contribution in [2.75, 3.05) is 0 Å². The molecule has 0 saturated heterocycles. The van der Waals surface area contributed by atoms with Crippen LogP contribution in [0.15, 0.2) is 194 Å². The average molecular weight is 681 g/mol. The second kappa shape index (κ2) is 11.2. The highest BCUT2D eigenvalue weighted by atomic mass is 14.4. The smallest absolute Gasteiger partial charge is 0.000718 e. The van der Waals surface area contributed by atoms with E-state index in [1.54, 1.807) is 0 Å². The summed E-state index contributed by atoms with van der Waals surface area (Å²) in [6.07, 6.45) is 0. The lowest BCUT2D eigenvalue weighted by molar-refractivity contribution is 1.58. The van der Waals surface area contributed by atoms with Crippen molar-refractivity contribution in [1.82, 2.24) is 0 Å². The molecule has 12 rings (SSSR count). The van der Waals surface area contributed by atoms with Crippen molar-refractivity contribution in [3.8, 4) is 66.8 Å². The zero-order chi connectivity index (χ0) is 35.3. The molecule has 0 spiro atoms. The predicted octanol–water partition coefficient (Wildman–Crippen LogP) is 15.2. The fraction of sp³-hybridized carbons (Fsp3) is 0. The SMILES string of the molecule is c1ccc(-c2ccccc2-c2c3c(c(-c4ccccc4-c4ccccc4)c4ccccc24)-c2ccc4c5cccc6cccc(c7ccc-3c2c74)c65)cc1. The second-order valence-electron chi connectivity index (χ2n) is 14.6. The number of hydrogen-bond acceptors (Lipinski definition) is 0. The minimum absolute atomic E-state index is 1.22. The number of hydrogen-bond donors (Lipinski definition) is 0. The third-order valence-corrected chi connectivity index (χ3v) is 12.0. The van der Waals surface area contributed by atoms with Crippen LogP contribution in [0.2, 0.25) is 0 Å². The molecule has 54 heavy (non-hydrogen) atoms. The molecule has 0 radical (unpaired) electrons. The van der Waals surface area contributed by atoms with E-state index in [4.69, 9.17) is 0 Å². The largest absolute Gasteiger partial charge is 0.0622 e. The Morgan fingerprint density at radius 2 is 0.574 bits per heavy atom. The summed E-state index contributed by atoms with van der Waals surface area (Å²) in [5.74, 6) is 0. The van der Waals surface area contributed by atoms with E-state index in [2.05, 4.69) is 194 Å². The minimum Gasteiger partial charge on any atom is -0.0622 e. The highest BCUT2D eigenvalue weighted by molar-refractivity contribution is 6.39. The van der Waals surface area contributed by atoms with Crippen LogP contribution in [0.5, 0.6) is 0 Å². The molecule has 1 aliphatic carbocycles. The Morgan fingerprint density at radius 3 is 1.06 bits per heavy atom. The van der Waals surface area contributed by atoms with Gasteiger partial charge in [0.05, 0.1) is 0 Å². The summed E-state index contributed by atoms with van der Waals surface area (Å²) < 4.78 is 0. The van der Waals surface area contributed by atoms with Gasteiger partial charge in [-0.2, -0.15) is 0 Å². The molecule has 11 aromatic carbocycles. The summed E-state index contributed by atoms with van der Waals surface area (Å²) in [7, 11) is 0. The highest BCUT2D eigenvalue weighted by Crippen LogP contribution is 2.60. The van der Waals surface area contributed by atoms with Crippen molar-refractivity contribution in [1.29, 1.82) is 0 Å². The molecular weight excluding hydrogens is 649 g/mol. The van der Waals surface area contributed by atoms with E-state index >= 15 is 0 Å². The van der Waals surface area contributed by atoms with Gasteiger partial charge in [0.15, 0.2) is 0 Å². The first-order valence-electron chi connectivity index (χ1n) is 18.9. The molecule has 0 saturated carbocycles. The predicted molar refractivity (Wildman–Crippen MR) is 231 cm³/mol. The molecule has 0 heteroatoms. The van der Waals surface area contributed by atoms with Crippen molar-refractivity contribution < 1.29 is 0 Å².